The van der Waals surface area contributed by atoms with Crippen LogP contribution < -0.4 is 15.9 Å². The Morgan fingerprint density at radius 3 is 2.04 bits per heavy atom. The Bertz CT molecular complexity index is 1040. The van der Waals surface area contributed by atoms with Gasteiger partial charge in [0.2, 0.25) is 0 Å². The van der Waals surface area contributed by atoms with Crippen molar-refractivity contribution in [1.29, 1.82) is 0 Å². The number of anilines is 1. The SMILES string of the molecule is Cc1cccnc1N[C@@H](c1ccco1)P(=O)(c1ccccc1)c1ccccc1. The molecule has 5 heteroatoms. The fourth-order valence-electron chi connectivity index (χ4n) is 3.30. The Morgan fingerprint density at radius 2 is 1.50 bits per heavy atom. The normalized spacial score (nSPS) is 12.5. The van der Waals surface area contributed by atoms with Gasteiger partial charge < -0.3 is 14.3 Å². The quantitative estimate of drug-likeness (QED) is 0.467. The van der Waals surface area contributed by atoms with Crippen molar-refractivity contribution in [2.24, 2.45) is 0 Å². The molecule has 0 aliphatic rings. The van der Waals surface area contributed by atoms with E-state index in [1.54, 1.807) is 12.5 Å². The van der Waals surface area contributed by atoms with Crippen molar-refractivity contribution < 1.29 is 8.98 Å². The number of hydrogen-bond donors (Lipinski definition) is 1. The van der Waals surface area contributed by atoms with Crippen LogP contribution >= 0.6 is 7.14 Å². The Morgan fingerprint density at radius 1 is 0.857 bits per heavy atom. The summed E-state index contributed by atoms with van der Waals surface area (Å²) in [6.45, 7) is 1.98. The second-order valence-corrected chi connectivity index (χ2v) is 9.43. The van der Waals surface area contributed by atoms with E-state index in [0.717, 1.165) is 16.2 Å². The molecular weight excluding hydrogens is 367 g/mol. The van der Waals surface area contributed by atoms with Gasteiger partial charge >= 0.3 is 0 Å². The van der Waals surface area contributed by atoms with Crippen molar-refractivity contribution in [3.63, 3.8) is 0 Å². The minimum absolute atomic E-state index is 0.583. The molecule has 2 aromatic heterocycles. The number of nitrogens with one attached hydrogen (secondary N) is 1. The average Bonchev–Trinajstić information content (AvgIpc) is 3.28. The van der Waals surface area contributed by atoms with Crippen LogP contribution in [0.15, 0.2) is 102 Å². The van der Waals surface area contributed by atoms with Crippen LogP contribution in [-0.4, -0.2) is 4.98 Å². The first-order chi connectivity index (χ1) is 13.7. The molecule has 1 atom stereocenters. The summed E-state index contributed by atoms with van der Waals surface area (Å²) in [7, 11) is -3.15. The lowest BCUT2D eigenvalue weighted by Crippen LogP contribution is -2.26. The summed E-state index contributed by atoms with van der Waals surface area (Å²) in [4.78, 5) is 4.45. The summed E-state index contributed by atoms with van der Waals surface area (Å²) >= 11 is 0. The Hall–Kier alpha value is -3.10. The van der Waals surface area contributed by atoms with E-state index in [1.165, 1.54) is 0 Å². The second-order valence-electron chi connectivity index (χ2n) is 6.56. The van der Waals surface area contributed by atoms with Gasteiger partial charge in [-0.3, -0.25) is 0 Å². The highest BCUT2D eigenvalue weighted by Gasteiger charge is 2.40. The van der Waals surface area contributed by atoms with Crippen molar-refractivity contribution >= 4 is 23.6 Å². The fraction of sp³-hybridized carbons (Fsp3) is 0.0870. The molecule has 2 aromatic carbocycles. The molecule has 0 fully saturated rings. The molecule has 0 unspecified atom stereocenters. The molecule has 140 valence electrons. The second kappa shape index (κ2) is 7.87. The summed E-state index contributed by atoms with van der Waals surface area (Å²) in [5.41, 5.74) is 0.978. The molecule has 0 bridgehead atoms. The standard InChI is InChI=1S/C23H21N2O2P/c1-18-10-8-16-24-22(18)25-23(21-15-9-17-27-21)28(26,19-11-4-2-5-12-19)20-13-6-3-7-14-20/h2-17,23H,1H3,(H,24,25)/t23-/m1/s1. The third kappa shape index (κ3) is 3.39. The number of aromatic nitrogens is 1. The summed E-state index contributed by atoms with van der Waals surface area (Å²) in [5, 5.41) is 4.95. The van der Waals surface area contributed by atoms with Gasteiger partial charge in [-0.15, -0.1) is 0 Å². The fourth-order valence-corrected chi connectivity index (χ4v) is 6.23. The van der Waals surface area contributed by atoms with Crippen molar-refractivity contribution in [2.45, 2.75) is 12.7 Å². The molecule has 0 saturated heterocycles. The zero-order chi connectivity index (χ0) is 19.4. The zero-order valence-electron chi connectivity index (χ0n) is 15.5. The van der Waals surface area contributed by atoms with Gasteiger partial charge in [0.05, 0.1) is 6.26 Å². The number of aryl methyl sites for hydroxylation is 1. The summed E-state index contributed by atoms with van der Waals surface area (Å²) in [6, 6.07) is 26.7. The van der Waals surface area contributed by atoms with E-state index in [9.17, 15) is 4.57 Å². The molecule has 0 aliphatic heterocycles. The number of furan rings is 1. The number of benzene rings is 2. The first kappa shape index (κ1) is 18.3. The average molecular weight is 388 g/mol. The van der Waals surface area contributed by atoms with E-state index >= 15 is 0 Å². The topological polar surface area (TPSA) is 55.1 Å². The van der Waals surface area contributed by atoms with E-state index in [0.29, 0.717) is 11.6 Å². The first-order valence-corrected chi connectivity index (χ1v) is 10.9. The predicted molar refractivity (Wildman–Crippen MR) is 114 cm³/mol. The van der Waals surface area contributed by atoms with Gasteiger partial charge in [-0.05, 0) is 30.7 Å². The van der Waals surface area contributed by atoms with Crippen LogP contribution in [0.25, 0.3) is 0 Å². The summed E-state index contributed by atoms with van der Waals surface area (Å²) in [5.74, 6) is 0.720. The minimum atomic E-state index is -3.15. The lowest BCUT2D eigenvalue weighted by atomic mass is 10.3. The van der Waals surface area contributed by atoms with Crippen LogP contribution in [0, 0.1) is 6.92 Å². The van der Waals surface area contributed by atoms with Crippen molar-refractivity contribution in [2.75, 3.05) is 5.32 Å². The van der Waals surface area contributed by atoms with E-state index < -0.39 is 12.9 Å². The lowest BCUT2D eigenvalue weighted by Gasteiger charge is -2.29. The third-order valence-corrected chi connectivity index (χ3v) is 7.98. The van der Waals surface area contributed by atoms with Crippen molar-refractivity contribution in [3.8, 4) is 0 Å². The Labute approximate surface area is 164 Å². The molecule has 0 amide bonds. The maximum absolute atomic E-state index is 14.8. The number of rotatable bonds is 6. The summed E-state index contributed by atoms with van der Waals surface area (Å²) < 4.78 is 20.5. The van der Waals surface area contributed by atoms with Gasteiger partial charge in [-0.1, -0.05) is 66.7 Å². The first-order valence-electron chi connectivity index (χ1n) is 9.12. The van der Waals surface area contributed by atoms with Gasteiger partial charge in [0.1, 0.15) is 17.4 Å². The third-order valence-electron chi connectivity index (χ3n) is 4.74. The molecule has 2 heterocycles. The molecule has 0 saturated carbocycles. The smallest absolute Gasteiger partial charge is 0.171 e. The van der Waals surface area contributed by atoms with Crippen LogP contribution in [0.3, 0.4) is 0 Å². The van der Waals surface area contributed by atoms with Gasteiger partial charge in [-0.25, -0.2) is 4.98 Å². The van der Waals surface area contributed by atoms with Gasteiger partial charge in [0, 0.05) is 16.8 Å². The van der Waals surface area contributed by atoms with Crippen LogP contribution in [0.5, 0.6) is 0 Å². The van der Waals surface area contributed by atoms with E-state index in [1.807, 2.05) is 91.9 Å². The summed E-state index contributed by atoms with van der Waals surface area (Å²) in [6.07, 6.45) is 3.33. The molecule has 0 aliphatic carbocycles. The molecular formula is C23H21N2O2P. The molecule has 4 nitrogen and oxygen atoms in total. The Balaban J connectivity index is 1.92. The van der Waals surface area contributed by atoms with Gasteiger partial charge in [0.15, 0.2) is 7.14 Å². The lowest BCUT2D eigenvalue weighted by molar-refractivity contribution is 0.504. The monoisotopic (exact) mass is 388 g/mol. The molecule has 0 radical (unpaired) electrons. The predicted octanol–water partition coefficient (Wildman–Crippen LogP) is 5.11. The van der Waals surface area contributed by atoms with Crippen LogP contribution in [0.2, 0.25) is 0 Å². The molecule has 1 N–H and O–H groups in total. The molecule has 4 aromatic rings. The highest BCUT2D eigenvalue weighted by Crippen LogP contribution is 2.57. The molecule has 0 spiro atoms. The highest BCUT2D eigenvalue weighted by atomic mass is 31.2. The minimum Gasteiger partial charge on any atom is -0.467 e. The maximum Gasteiger partial charge on any atom is 0.171 e. The van der Waals surface area contributed by atoms with E-state index in [2.05, 4.69) is 10.3 Å². The van der Waals surface area contributed by atoms with Gasteiger partial charge in [0.25, 0.3) is 0 Å². The van der Waals surface area contributed by atoms with Crippen molar-refractivity contribution in [1.82, 2.24) is 4.98 Å². The molecule has 4 rings (SSSR count). The van der Waals surface area contributed by atoms with Crippen molar-refractivity contribution in [3.05, 3.63) is 109 Å². The largest absolute Gasteiger partial charge is 0.467 e. The highest BCUT2D eigenvalue weighted by molar-refractivity contribution is 7.79. The number of hydrogen-bond acceptors (Lipinski definition) is 4. The van der Waals surface area contributed by atoms with Crippen LogP contribution in [-0.2, 0) is 4.57 Å². The van der Waals surface area contributed by atoms with E-state index in [4.69, 9.17) is 4.42 Å². The van der Waals surface area contributed by atoms with E-state index in [-0.39, 0.29) is 0 Å². The zero-order valence-corrected chi connectivity index (χ0v) is 16.4. The molecule has 28 heavy (non-hydrogen) atoms. The number of nitrogens with zero attached hydrogens (tertiary/aromatic N) is 1. The Kier molecular flexibility index (Phi) is 5.14. The maximum atomic E-state index is 14.8. The van der Waals surface area contributed by atoms with Gasteiger partial charge in [-0.2, -0.15) is 0 Å². The van der Waals surface area contributed by atoms with Crippen LogP contribution in [0.1, 0.15) is 17.1 Å². The number of pyridine rings is 1. The van der Waals surface area contributed by atoms with Crippen LogP contribution in [0.4, 0.5) is 5.82 Å².